The minimum atomic E-state index is 0.175. The monoisotopic (exact) mass is 413 g/mol. The zero-order valence-electron chi connectivity index (χ0n) is 18.9. The lowest BCUT2D eigenvalue weighted by Gasteiger charge is -2.43. The molecule has 166 valence electrons. The molecule has 30 heavy (non-hydrogen) atoms. The van der Waals surface area contributed by atoms with Gasteiger partial charge in [0.2, 0.25) is 5.91 Å². The number of nitrogens with zero attached hydrogens (tertiary/aromatic N) is 3. The molecule has 1 aromatic rings. The number of methoxy groups -OCH3 is 1. The number of likely N-dealkylation sites (tertiary alicyclic amines) is 2. The number of amides is 1. The second-order valence-corrected chi connectivity index (χ2v) is 9.54. The minimum absolute atomic E-state index is 0.175. The molecule has 0 radical (unpaired) electrons. The van der Waals surface area contributed by atoms with Crippen LogP contribution in [0.5, 0.6) is 0 Å². The Bertz CT molecular complexity index is 676. The molecule has 0 saturated carbocycles. The van der Waals surface area contributed by atoms with Crippen molar-refractivity contribution in [1.82, 2.24) is 14.7 Å². The van der Waals surface area contributed by atoms with Gasteiger partial charge in [0.1, 0.15) is 0 Å². The average Bonchev–Trinajstić information content (AvgIpc) is 3.23. The lowest BCUT2D eigenvalue weighted by molar-refractivity contribution is -0.136. The fourth-order valence-electron chi connectivity index (χ4n) is 5.82. The van der Waals surface area contributed by atoms with Gasteiger partial charge in [-0.2, -0.15) is 0 Å². The Kier molecular flexibility index (Phi) is 7.45. The number of carbonyl (C=O) groups excluding carboxylic acids is 1. The van der Waals surface area contributed by atoms with E-state index in [0.29, 0.717) is 18.0 Å². The van der Waals surface area contributed by atoms with Crippen molar-refractivity contribution in [2.24, 2.45) is 5.92 Å². The molecule has 1 aromatic carbocycles. The molecule has 5 heteroatoms. The zero-order chi connectivity index (χ0) is 20.9. The number of hydrogen-bond acceptors (Lipinski definition) is 4. The third kappa shape index (κ3) is 5.06. The van der Waals surface area contributed by atoms with E-state index in [1.54, 1.807) is 18.2 Å². The number of rotatable bonds is 7. The fourth-order valence-corrected chi connectivity index (χ4v) is 5.82. The first-order valence-electron chi connectivity index (χ1n) is 11.9. The number of fused-ring (bicyclic) bond motifs is 1. The van der Waals surface area contributed by atoms with Crippen LogP contribution in [0, 0.1) is 5.92 Å². The van der Waals surface area contributed by atoms with Crippen LogP contribution in [0.3, 0.4) is 0 Å². The van der Waals surface area contributed by atoms with Crippen molar-refractivity contribution in [1.29, 1.82) is 0 Å². The van der Waals surface area contributed by atoms with E-state index < -0.39 is 0 Å². The predicted octanol–water partition coefficient (Wildman–Crippen LogP) is 2.83. The van der Waals surface area contributed by atoms with Gasteiger partial charge in [-0.3, -0.25) is 14.6 Å². The maximum absolute atomic E-state index is 12.9. The van der Waals surface area contributed by atoms with E-state index in [1.807, 2.05) is 11.9 Å². The van der Waals surface area contributed by atoms with Crippen molar-refractivity contribution >= 4 is 5.91 Å². The third-order valence-electron chi connectivity index (χ3n) is 7.58. The van der Waals surface area contributed by atoms with Crippen molar-refractivity contribution < 1.29 is 9.53 Å². The Morgan fingerprint density at radius 2 is 1.73 bits per heavy atom. The van der Waals surface area contributed by atoms with Crippen molar-refractivity contribution in [2.45, 2.75) is 57.0 Å². The molecule has 2 fully saturated rings. The molecule has 0 aromatic heterocycles. The first-order valence-corrected chi connectivity index (χ1v) is 11.9. The third-order valence-corrected chi connectivity index (χ3v) is 7.58. The van der Waals surface area contributed by atoms with Crippen LogP contribution in [-0.4, -0.2) is 86.2 Å². The molecular formula is C25H39N3O2. The lowest BCUT2D eigenvalue weighted by Crippen LogP contribution is -2.52. The van der Waals surface area contributed by atoms with E-state index in [1.165, 1.54) is 38.8 Å². The highest BCUT2D eigenvalue weighted by Crippen LogP contribution is 2.30. The Morgan fingerprint density at radius 3 is 2.40 bits per heavy atom. The molecule has 2 aliphatic heterocycles. The van der Waals surface area contributed by atoms with E-state index in [9.17, 15) is 4.79 Å². The van der Waals surface area contributed by atoms with Gasteiger partial charge in [0.05, 0.1) is 5.92 Å². The van der Waals surface area contributed by atoms with Crippen LogP contribution in [0.15, 0.2) is 24.3 Å². The summed E-state index contributed by atoms with van der Waals surface area (Å²) in [5.74, 6) is 0.505. The quantitative estimate of drug-likeness (QED) is 0.644. The molecule has 0 unspecified atom stereocenters. The van der Waals surface area contributed by atoms with E-state index in [2.05, 4.69) is 34.1 Å². The van der Waals surface area contributed by atoms with E-state index >= 15 is 0 Å². The predicted molar refractivity (Wildman–Crippen MR) is 121 cm³/mol. The molecular weight excluding hydrogens is 374 g/mol. The van der Waals surface area contributed by atoms with Crippen LogP contribution in [-0.2, 0) is 22.4 Å². The van der Waals surface area contributed by atoms with Gasteiger partial charge in [-0.25, -0.2) is 0 Å². The summed E-state index contributed by atoms with van der Waals surface area (Å²) in [4.78, 5) is 20.2. The molecule has 3 aliphatic rings. The van der Waals surface area contributed by atoms with Crippen LogP contribution in [0.2, 0.25) is 0 Å². The lowest BCUT2D eigenvalue weighted by atomic mass is 9.92. The Hall–Kier alpha value is -1.43. The number of hydrogen-bond donors (Lipinski definition) is 0. The molecule has 2 heterocycles. The van der Waals surface area contributed by atoms with Crippen LogP contribution in [0.25, 0.3) is 0 Å². The number of ether oxygens (including phenoxy) is 1. The summed E-state index contributed by atoms with van der Waals surface area (Å²) < 4.78 is 5.13. The maximum Gasteiger partial charge on any atom is 0.226 e. The first kappa shape index (κ1) is 21.8. The van der Waals surface area contributed by atoms with E-state index in [0.717, 1.165) is 45.5 Å². The highest BCUT2D eigenvalue weighted by Gasteiger charge is 2.35. The summed E-state index contributed by atoms with van der Waals surface area (Å²) in [5.41, 5.74) is 3.10. The van der Waals surface area contributed by atoms with Gasteiger partial charge in [-0.15, -0.1) is 0 Å². The van der Waals surface area contributed by atoms with Gasteiger partial charge >= 0.3 is 0 Å². The normalized spacial score (nSPS) is 24.1. The summed E-state index contributed by atoms with van der Waals surface area (Å²) in [6.07, 6.45) is 8.05. The standard InChI is InChI=1S/C25H39N3O2/c1-26(12-6-16-30-2)25(29)22-9-5-13-28(19-22)23-10-14-27(15-11-23)24-17-20-7-3-4-8-21(20)18-24/h3-4,7-8,22-24H,5-6,9-19H2,1-2H3/t22-/m1/s1. The average molecular weight is 414 g/mol. The van der Waals surface area contributed by atoms with Gasteiger partial charge in [-0.05, 0) is 75.7 Å². The molecule has 1 aliphatic carbocycles. The second-order valence-electron chi connectivity index (χ2n) is 9.54. The second kappa shape index (κ2) is 10.3. The maximum atomic E-state index is 12.9. The molecule has 1 amide bonds. The molecule has 0 bridgehead atoms. The largest absolute Gasteiger partial charge is 0.385 e. The van der Waals surface area contributed by atoms with Crippen molar-refractivity contribution in [3.63, 3.8) is 0 Å². The van der Waals surface area contributed by atoms with Gasteiger partial charge in [0, 0.05) is 45.9 Å². The van der Waals surface area contributed by atoms with Gasteiger partial charge in [-0.1, -0.05) is 24.3 Å². The Labute approximate surface area is 182 Å². The van der Waals surface area contributed by atoms with E-state index in [-0.39, 0.29) is 5.92 Å². The van der Waals surface area contributed by atoms with Crippen molar-refractivity contribution in [2.75, 3.05) is 53.5 Å². The van der Waals surface area contributed by atoms with Crippen LogP contribution in [0.1, 0.15) is 43.2 Å². The van der Waals surface area contributed by atoms with Gasteiger partial charge in [0.15, 0.2) is 0 Å². The minimum Gasteiger partial charge on any atom is -0.385 e. The molecule has 0 N–H and O–H groups in total. The summed E-state index contributed by atoms with van der Waals surface area (Å²) in [5, 5.41) is 0. The highest BCUT2D eigenvalue weighted by atomic mass is 16.5. The fraction of sp³-hybridized carbons (Fsp3) is 0.720. The van der Waals surface area contributed by atoms with Crippen LogP contribution in [0.4, 0.5) is 0 Å². The highest BCUT2D eigenvalue weighted by molar-refractivity contribution is 5.78. The summed E-state index contributed by atoms with van der Waals surface area (Å²) in [6.45, 7) is 6.04. The number of carbonyl (C=O) groups is 1. The topological polar surface area (TPSA) is 36.0 Å². The zero-order valence-corrected chi connectivity index (χ0v) is 18.9. The van der Waals surface area contributed by atoms with Crippen molar-refractivity contribution in [3.8, 4) is 0 Å². The van der Waals surface area contributed by atoms with Crippen LogP contribution >= 0.6 is 0 Å². The van der Waals surface area contributed by atoms with Crippen molar-refractivity contribution in [3.05, 3.63) is 35.4 Å². The molecule has 2 saturated heterocycles. The molecule has 4 rings (SSSR count). The number of benzene rings is 1. The van der Waals surface area contributed by atoms with Gasteiger partial charge < -0.3 is 9.64 Å². The van der Waals surface area contributed by atoms with E-state index in [4.69, 9.17) is 4.74 Å². The smallest absolute Gasteiger partial charge is 0.226 e. The summed E-state index contributed by atoms with van der Waals surface area (Å²) in [6, 6.07) is 10.3. The molecule has 1 atom stereocenters. The first-order chi connectivity index (χ1) is 14.7. The summed E-state index contributed by atoms with van der Waals surface area (Å²) >= 11 is 0. The molecule has 0 spiro atoms. The number of piperidine rings is 2. The Balaban J connectivity index is 1.24. The van der Waals surface area contributed by atoms with Crippen LogP contribution < -0.4 is 0 Å². The SMILES string of the molecule is COCCCN(C)C(=O)[C@@H]1CCCN(C2CCN(C3Cc4ccccc4C3)CC2)C1. The molecule has 5 nitrogen and oxygen atoms in total. The Morgan fingerprint density at radius 1 is 1.03 bits per heavy atom. The summed E-state index contributed by atoms with van der Waals surface area (Å²) in [7, 11) is 3.67. The van der Waals surface area contributed by atoms with Gasteiger partial charge in [0.25, 0.3) is 0 Å².